The standard InChI is InChI=1S/C12H11N3O/c16-12(9-11-5-4-6-13-10-11)14-15-7-2-1-3-8-15/h1-8,10H,9H2. The van der Waals surface area contributed by atoms with E-state index in [0.29, 0.717) is 0 Å². The summed E-state index contributed by atoms with van der Waals surface area (Å²) in [7, 11) is 0. The molecule has 0 saturated heterocycles. The number of aromatic nitrogens is 2. The molecule has 0 spiro atoms. The van der Waals surface area contributed by atoms with Crippen LogP contribution in [0.4, 0.5) is 0 Å². The van der Waals surface area contributed by atoms with Crippen LogP contribution in [0.5, 0.6) is 0 Å². The summed E-state index contributed by atoms with van der Waals surface area (Å²) in [4.78, 5) is 3.94. The van der Waals surface area contributed by atoms with Crippen molar-refractivity contribution in [1.82, 2.24) is 4.98 Å². The molecule has 2 aromatic heterocycles. The molecule has 2 heterocycles. The zero-order valence-corrected chi connectivity index (χ0v) is 8.65. The molecular formula is C12H11N3O. The van der Waals surface area contributed by atoms with Crippen LogP contribution in [-0.4, -0.2) is 10.9 Å². The molecule has 0 aromatic carbocycles. The Balaban J connectivity index is 2.09. The molecule has 0 atom stereocenters. The molecule has 16 heavy (non-hydrogen) atoms. The molecule has 0 radical (unpaired) electrons. The summed E-state index contributed by atoms with van der Waals surface area (Å²) in [5.41, 5.74) is 0.868. The molecule has 0 bridgehead atoms. The van der Waals surface area contributed by atoms with Crippen molar-refractivity contribution in [1.29, 1.82) is 0 Å². The fourth-order valence-electron chi connectivity index (χ4n) is 1.30. The monoisotopic (exact) mass is 213 g/mol. The molecule has 0 N–H and O–H groups in total. The lowest BCUT2D eigenvalue weighted by molar-refractivity contribution is -0.681. The SMILES string of the molecule is [O-]/C(Cc1cccnc1)=N\[n+]1ccccc1. The third-order valence-corrected chi connectivity index (χ3v) is 2.00. The summed E-state index contributed by atoms with van der Waals surface area (Å²) in [6.45, 7) is 0. The van der Waals surface area contributed by atoms with Gasteiger partial charge in [0.15, 0.2) is 0 Å². The first-order valence-corrected chi connectivity index (χ1v) is 4.94. The minimum Gasteiger partial charge on any atom is -0.857 e. The summed E-state index contributed by atoms with van der Waals surface area (Å²) < 4.78 is 1.50. The Labute approximate surface area is 93.5 Å². The van der Waals surface area contributed by atoms with Crippen molar-refractivity contribution in [2.24, 2.45) is 5.10 Å². The highest BCUT2D eigenvalue weighted by Gasteiger charge is 1.96. The van der Waals surface area contributed by atoms with Gasteiger partial charge in [0.1, 0.15) is 0 Å². The zero-order valence-electron chi connectivity index (χ0n) is 8.65. The van der Waals surface area contributed by atoms with E-state index in [1.807, 2.05) is 24.3 Å². The lowest BCUT2D eigenvalue weighted by Gasteiger charge is -2.05. The molecule has 0 unspecified atom stereocenters. The molecule has 0 fully saturated rings. The lowest BCUT2D eigenvalue weighted by Crippen LogP contribution is -2.33. The normalized spacial score (nSPS) is 11.4. The summed E-state index contributed by atoms with van der Waals surface area (Å²) in [5, 5.41) is 15.5. The lowest BCUT2D eigenvalue weighted by atomic mass is 10.2. The van der Waals surface area contributed by atoms with Gasteiger partial charge in [-0.3, -0.25) is 4.98 Å². The fraction of sp³-hybridized carbons (Fsp3) is 0.0833. The van der Waals surface area contributed by atoms with Gasteiger partial charge in [-0.25, -0.2) is 0 Å². The summed E-state index contributed by atoms with van der Waals surface area (Å²) in [6, 6.07) is 9.17. The van der Waals surface area contributed by atoms with Crippen molar-refractivity contribution >= 4 is 5.90 Å². The maximum atomic E-state index is 11.6. The van der Waals surface area contributed by atoms with Gasteiger partial charge in [-0.05, 0) is 16.7 Å². The molecule has 0 aliphatic heterocycles. The van der Waals surface area contributed by atoms with Gasteiger partial charge in [-0.1, -0.05) is 16.8 Å². The Kier molecular flexibility index (Phi) is 3.23. The average Bonchev–Trinajstić information content (AvgIpc) is 2.31. The van der Waals surface area contributed by atoms with Crippen LogP contribution in [0.1, 0.15) is 5.56 Å². The number of rotatable bonds is 3. The van der Waals surface area contributed by atoms with Gasteiger partial charge in [0.2, 0.25) is 12.4 Å². The van der Waals surface area contributed by atoms with Crippen LogP contribution in [0.25, 0.3) is 0 Å². The van der Waals surface area contributed by atoms with Crippen LogP contribution >= 0.6 is 0 Å². The minimum absolute atomic E-state index is 0.191. The minimum atomic E-state index is -0.191. The van der Waals surface area contributed by atoms with Crippen molar-refractivity contribution in [3.8, 4) is 0 Å². The second-order valence-electron chi connectivity index (χ2n) is 3.29. The second-order valence-corrected chi connectivity index (χ2v) is 3.29. The molecule has 2 aromatic rings. The molecule has 0 aliphatic carbocycles. The predicted molar refractivity (Wildman–Crippen MR) is 57.4 cm³/mol. The van der Waals surface area contributed by atoms with Gasteiger partial charge >= 0.3 is 0 Å². The maximum Gasteiger partial charge on any atom is 0.202 e. The van der Waals surface area contributed by atoms with Gasteiger partial charge < -0.3 is 5.11 Å². The van der Waals surface area contributed by atoms with Crippen LogP contribution in [0.3, 0.4) is 0 Å². The predicted octanol–water partition coefficient (Wildman–Crippen LogP) is 0.134. The Morgan fingerprint density at radius 3 is 2.75 bits per heavy atom. The number of nitrogens with zero attached hydrogens (tertiary/aromatic N) is 3. The van der Waals surface area contributed by atoms with E-state index in [9.17, 15) is 5.11 Å². The largest absolute Gasteiger partial charge is 0.857 e. The van der Waals surface area contributed by atoms with E-state index >= 15 is 0 Å². The van der Waals surface area contributed by atoms with Crippen molar-refractivity contribution in [2.75, 3.05) is 0 Å². The quantitative estimate of drug-likeness (QED) is 0.413. The van der Waals surface area contributed by atoms with Gasteiger partial charge in [-0.15, -0.1) is 0 Å². The van der Waals surface area contributed by atoms with E-state index in [1.165, 1.54) is 4.68 Å². The van der Waals surface area contributed by atoms with Gasteiger partial charge in [-0.2, -0.15) is 0 Å². The number of hydrogen-bond donors (Lipinski definition) is 0. The van der Waals surface area contributed by atoms with Gasteiger partial charge in [0.05, 0.1) is 0 Å². The Bertz CT molecular complexity index is 468. The molecule has 0 saturated carbocycles. The third kappa shape index (κ3) is 2.88. The first kappa shape index (κ1) is 10.3. The highest BCUT2D eigenvalue weighted by Crippen LogP contribution is 1.95. The first-order valence-electron chi connectivity index (χ1n) is 4.94. The van der Waals surface area contributed by atoms with Gasteiger partial charge in [0, 0.05) is 36.8 Å². The van der Waals surface area contributed by atoms with E-state index in [2.05, 4.69) is 10.1 Å². The molecule has 4 heteroatoms. The van der Waals surface area contributed by atoms with Crippen molar-refractivity contribution in [2.45, 2.75) is 6.42 Å². The summed E-state index contributed by atoms with van der Waals surface area (Å²) in [6.07, 6.45) is 7.07. The number of pyridine rings is 2. The molecule has 2 rings (SSSR count). The van der Waals surface area contributed by atoms with Crippen molar-refractivity contribution < 1.29 is 9.78 Å². The van der Waals surface area contributed by atoms with Crippen LogP contribution in [0.15, 0.2) is 60.2 Å². The first-order chi connectivity index (χ1) is 7.84. The van der Waals surface area contributed by atoms with Crippen LogP contribution in [0, 0.1) is 0 Å². The molecule has 0 amide bonds. The Morgan fingerprint density at radius 1 is 1.25 bits per heavy atom. The Hall–Kier alpha value is -2.23. The topological polar surface area (TPSA) is 52.2 Å². The van der Waals surface area contributed by atoms with E-state index < -0.39 is 0 Å². The van der Waals surface area contributed by atoms with Crippen molar-refractivity contribution in [3.63, 3.8) is 0 Å². The molecule has 4 nitrogen and oxygen atoms in total. The van der Waals surface area contributed by atoms with Crippen LogP contribution in [-0.2, 0) is 6.42 Å². The summed E-state index contributed by atoms with van der Waals surface area (Å²) in [5.74, 6) is -0.191. The summed E-state index contributed by atoms with van der Waals surface area (Å²) >= 11 is 0. The van der Waals surface area contributed by atoms with Gasteiger partial charge in [0.25, 0.3) is 0 Å². The number of hydrogen-bond acceptors (Lipinski definition) is 3. The van der Waals surface area contributed by atoms with E-state index in [4.69, 9.17) is 0 Å². The maximum absolute atomic E-state index is 11.6. The zero-order chi connectivity index (χ0) is 11.2. The molecular weight excluding hydrogens is 202 g/mol. The second kappa shape index (κ2) is 5.02. The highest BCUT2D eigenvalue weighted by molar-refractivity contribution is 5.73. The van der Waals surface area contributed by atoms with E-state index in [-0.39, 0.29) is 12.3 Å². The molecule has 80 valence electrons. The van der Waals surface area contributed by atoms with E-state index in [0.717, 1.165) is 5.56 Å². The third-order valence-electron chi connectivity index (χ3n) is 2.00. The smallest absolute Gasteiger partial charge is 0.202 e. The average molecular weight is 213 g/mol. The van der Waals surface area contributed by atoms with Crippen LogP contribution in [0.2, 0.25) is 0 Å². The molecule has 0 aliphatic rings. The highest BCUT2D eigenvalue weighted by atomic mass is 16.3. The van der Waals surface area contributed by atoms with Crippen LogP contribution < -0.4 is 9.78 Å². The van der Waals surface area contributed by atoms with Crippen molar-refractivity contribution in [3.05, 3.63) is 60.7 Å². The van der Waals surface area contributed by atoms with E-state index in [1.54, 1.807) is 30.9 Å². The fourth-order valence-corrected chi connectivity index (χ4v) is 1.30. The Morgan fingerprint density at radius 2 is 2.06 bits per heavy atom.